The van der Waals surface area contributed by atoms with Crippen molar-refractivity contribution in [1.82, 2.24) is 20.2 Å². The summed E-state index contributed by atoms with van der Waals surface area (Å²) in [5, 5.41) is 10.8. The number of H-pyrrole nitrogens is 1. The fraction of sp³-hybridized carbons (Fsp3) is 0.0714. The maximum atomic E-state index is 5.88. The number of rotatable bonds is 4. The molecule has 106 valence electrons. The summed E-state index contributed by atoms with van der Waals surface area (Å²) in [5.74, 6) is 1.38. The maximum absolute atomic E-state index is 5.88. The molecule has 0 bridgehead atoms. The first-order valence-electron chi connectivity index (χ1n) is 6.33. The number of pyridine rings is 1. The molecule has 7 heteroatoms. The third-order valence-corrected chi connectivity index (χ3v) is 3.27. The second-order valence-electron chi connectivity index (χ2n) is 4.43. The lowest BCUT2D eigenvalue weighted by molar-refractivity contribution is 0.955. The van der Waals surface area contributed by atoms with Gasteiger partial charge in [-0.3, -0.25) is 10.1 Å². The zero-order chi connectivity index (χ0) is 14.7. The van der Waals surface area contributed by atoms with E-state index in [-0.39, 0.29) is 0 Å². The number of nitrogen functional groups attached to an aromatic ring is 1. The van der Waals surface area contributed by atoms with Gasteiger partial charge < -0.3 is 11.1 Å². The summed E-state index contributed by atoms with van der Waals surface area (Å²) in [4.78, 5) is 8.39. The normalized spacial score (nSPS) is 10.5. The first kappa shape index (κ1) is 13.4. The van der Waals surface area contributed by atoms with Crippen molar-refractivity contribution >= 4 is 23.0 Å². The van der Waals surface area contributed by atoms with E-state index in [0.717, 1.165) is 17.1 Å². The Labute approximate surface area is 126 Å². The van der Waals surface area contributed by atoms with Crippen LogP contribution in [-0.2, 0) is 6.54 Å². The van der Waals surface area contributed by atoms with Crippen molar-refractivity contribution in [2.75, 3.05) is 11.1 Å². The van der Waals surface area contributed by atoms with Gasteiger partial charge >= 0.3 is 0 Å². The molecule has 3 rings (SSSR count). The van der Waals surface area contributed by atoms with Gasteiger partial charge in [-0.15, -0.1) is 0 Å². The minimum absolute atomic E-state index is 0.513. The molecule has 0 aliphatic rings. The molecule has 3 aromatic rings. The van der Waals surface area contributed by atoms with E-state index in [0.29, 0.717) is 23.1 Å². The van der Waals surface area contributed by atoms with Crippen molar-refractivity contribution < 1.29 is 0 Å². The van der Waals surface area contributed by atoms with Crippen LogP contribution in [0.3, 0.4) is 0 Å². The standard InChI is InChI=1S/C14H13ClN6/c15-11-2-1-10(7-12(11)16)18-8-13-19-14(21-20-13)9-3-5-17-6-4-9/h1-7,18H,8,16H2,(H,19,20,21). The van der Waals surface area contributed by atoms with Crippen LogP contribution in [0.5, 0.6) is 0 Å². The minimum atomic E-state index is 0.513. The predicted octanol–water partition coefficient (Wildman–Crippen LogP) is 2.71. The van der Waals surface area contributed by atoms with E-state index in [2.05, 4.69) is 25.5 Å². The van der Waals surface area contributed by atoms with Crippen LogP contribution < -0.4 is 11.1 Å². The van der Waals surface area contributed by atoms with Gasteiger partial charge in [0, 0.05) is 23.6 Å². The zero-order valence-electron chi connectivity index (χ0n) is 11.0. The molecule has 0 unspecified atom stereocenters. The van der Waals surface area contributed by atoms with Crippen molar-refractivity contribution in [3.8, 4) is 11.4 Å². The van der Waals surface area contributed by atoms with Gasteiger partial charge in [0.15, 0.2) is 5.82 Å². The number of halogens is 1. The number of nitrogens with two attached hydrogens (primary N) is 1. The van der Waals surface area contributed by atoms with Crippen molar-refractivity contribution in [3.05, 3.63) is 53.6 Å². The lowest BCUT2D eigenvalue weighted by atomic mass is 10.2. The number of aromatic nitrogens is 4. The lowest BCUT2D eigenvalue weighted by Gasteiger charge is -2.05. The Morgan fingerprint density at radius 2 is 2.00 bits per heavy atom. The highest BCUT2D eigenvalue weighted by atomic mass is 35.5. The van der Waals surface area contributed by atoms with Crippen LogP contribution in [0.1, 0.15) is 5.82 Å². The molecule has 0 radical (unpaired) electrons. The lowest BCUT2D eigenvalue weighted by Crippen LogP contribution is -2.02. The molecule has 0 aliphatic heterocycles. The monoisotopic (exact) mass is 300 g/mol. The highest BCUT2D eigenvalue weighted by Gasteiger charge is 2.05. The van der Waals surface area contributed by atoms with E-state index >= 15 is 0 Å². The number of nitrogens with zero attached hydrogens (tertiary/aromatic N) is 3. The van der Waals surface area contributed by atoms with Gasteiger partial charge in [0.25, 0.3) is 0 Å². The fourth-order valence-corrected chi connectivity index (χ4v) is 1.96. The van der Waals surface area contributed by atoms with Gasteiger partial charge in [-0.2, -0.15) is 5.10 Å². The molecular weight excluding hydrogens is 288 g/mol. The summed E-state index contributed by atoms with van der Waals surface area (Å²) in [6.07, 6.45) is 3.42. The average Bonchev–Trinajstić information content (AvgIpc) is 2.98. The molecule has 2 heterocycles. The van der Waals surface area contributed by atoms with E-state index in [9.17, 15) is 0 Å². The molecule has 0 amide bonds. The largest absolute Gasteiger partial charge is 0.397 e. The Kier molecular flexibility index (Phi) is 3.70. The molecule has 0 saturated heterocycles. The Hall–Kier alpha value is -2.60. The molecule has 0 atom stereocenters. The van der Waals surface area contributed by atoms with Crippen LogP contribution in [0.2, 0.25) is 5.02 Å². The predicted molar refractivity (Wildman–Crippen MR) is 82.8 cm³/mol. The van der Waals surface area contributed by atoms with Gasteiger partial charge in [-0.05, 0) is 30.3 Å². The summed E-state index contributed by atoms with van der Waals surface area (Å²) >= 11 is 5.88. The van der Waals surface area contributed by atoms with E-state index in [1.54, 1.807) is 24.5 Å². The molecule has 0 spiro atoms. The van der Waals surface area contributed by atoms with Gasteiger partial charge in [0.1, 0.15) is 5.82 Å². The third kappa shape index (κ3) is 3.11. The zero-order valence-corrected chi connectivity index (χ0v) is 11.8. The molecule has 1 aromatic carbocycles. The van der Waals surface area contributed by atoms with Crippen LogP contribution in [-0.4, -0.2) is 20.2 Å². The Morgan fingerprint density at radius 3 is 2.76 bits per heavy atom. The van der Waals surface area contributed by atoms with Gasteiger partial charge in [-0.25, -0.2) is 4.98 Å². The number of aromatic amines is 1. The second-order valence-corrected chi connectivity index (χ2v) is 4.84. The van der Waals surface area contributed by atoms with E-state index in [4.69, 9.17) is 17.3 Å². The Balaban J connectivity index is 1.69. The topological polar surface area (TPSA) is 92.5 Å². The first-order valence-corrected chi connectivity index (χ1v) is 6.71. The molecule has 0 saturated carbocycles. The Bertz CT molecular complexity index is 740. The number of nitrogens with one attached hydrogen (secondary N) is 2. The van der Waals surface area contributed by atoms with E-state index < -0.39 is 0 Å². The average molecular weight is 301 g/mol. The smallest absolute Gasteiger partial charge is 0.181 e. The van der Waals surface area contributed by atoms with Gasteiger partial charge in [0.2, 0.25) is 0 Å². The SMILES string of the molecule is Nc1cc(NCc2nc(-c3ccncc3)n[nH]2)ccc1Cl. The third-order valence-electron chi connectivity index (χ3n) is 2.93. The van der Waals surface area contributed by atoms with E-state index in [1.165, 1.54) is 0 Å². The van der Waals surface area contributed by atoms with Crippen molar-refractivity contribution in [1.29, 1.82) is 0 Å². The molecule has 21 heavy (non-hydrogen) atoms. The summed E-state index contributed by atoms with van der Waals surface area (Å²) in [6.45, 7) is 0.513. The number of hydrogen-bond acceptors (Lipinski definition) is 5. The summed E-state index contributed by atoms with van der Waals surface area (Å²) in [5.41, 5.74) is 8.09. The van der Waals surface area contributed by atoms with Crippen molar-refractivity contribution in [2.45, 2.75) is 6.54 Å². The first-order chi connectivity index (χ1) is 10.2. The van der Waals surface area contributed by atoms with Gasteiger partial charge in [-0.1, -0.05) is 11.6 Å². The number of anilines is 2. The summed E-state index contributed by atoms with van der Waals surface area (Å²) < 4.78 is 0. The van der Waals surface area contributed by atoms with E-state index in [1.807, 2.05) is 18.2 Å². The fourth-order valence-electron chi connectivity index (χ4n) is 1.84. The maximum Gasteiger partial charge on any atom is 0.181 e. The molecular formula is C14H13ClN6. The second kappa shape index (κ2) is 5.80. The number of benzene rings is 1. The highest BCUT2D eigenvalue weighted by molar-refractivity contribution is 6.33. The molecule has 0 fully saturated rings. The highest BCUT2D eigenvalue weighted by Crippen LogP contribution is 2.22. The molecule has 0 aliphatic carbocycles. The van der Waals surface area contributed by atoms with Gasteiger partial charge in [0.05, 0.1) is 17.3 Å². The van der Waals surface area contributed by atoms with Crippen LogP contribution in [0.4, 0.5) is 11.4 Å². The van der Waals surface area contributed by atoms with Crippen LogP contribution >= 0.6 is 11.6 Å². The summed E-state index contributed by atoms with van der Waals surface area (Å²) in [7, 11) is 0. The summed E-state index contributed by atoms with van der Waals surface area (Å²) in [6, 6.07) is 9.11. The minimum Gasteiger partial charge on any atom is -0.397 e. The molecule has 2 aromatic heterocycles. The van der Waals surface area contributed by atoms with Crippen LogP contribution in [0, 0.1) is 0 Å². The molecule has 6 nitrogen and oxygen atoms in total. The Morgan fingerprint density at radius 1 is 1.19 bits per heavy atom. The quantitative estimate of drug-likeness (QED) is 0.644. The van der Waals surface area contributed by atoms with Crippen LogP contribution in [0.15, 0.2) is 42.7 Å². The van der Waals surface area contributed by atoms with Crippen LogP contribution in [0.25, 0.3) is 11.4 Å². The van der Waals surface area contributed by atoms with Crippen molar-refractivity contribution in [3.63, 3.8) is 0 Å². The van der Waals surface area contributed by atoms with Crippen molar-refractivity contribution in [2.24, 2.45) is 0 Å². The molecule has 4 N–H and O–H groups in total. The number of hydrogen-bond donors (Lipinski definition) is 3.